The molecule has 134 valence electrons. The quantitative estimate of drug-likeness (QED) is 0.559. The van der Waals surface area contributed by atoms with Crippen molar-refractivity contribution >= 4 is 16.7 Å². The molecule has 0 aromatic heterocycles. The highest BCUT2D eigenvalue weighted by Gasteiger charge is 2.15. The molecule has 0 heterocycles. The first-order valence-electron chi connectivity index (χ1n) is 7.51. The highest BCUT2D eigenvalue weighted by Crippen LogP contribution is 2.37. The summed E-state index contributed by atoms with van der Waals surface area (Å²) in [5.41, 5.74) is 0.454. The number of hydrogen-bond acceptors (Lipinski definition) is 4. The van der Waals surface area contributed by atoms with Crippen molar-refractivity contribution in [3.63, 3.8) is 0 Å². The first kappa shape index (κ1) is 17.6. The Hall–Kier alpha value is -3.22. The molecule has 4 nitrogen and oxygen atoms in total. The molecule has 0 aliphatic rings. The lowest BCUT2D eigenvalue weighted by molar-refractivity contribution is -0.142. The molecule has 0 fully saturated rings. The molecule has 3 aromatic rings. The molecular formula is C19H13F3O4. The molecular weight excluding hydrogens is 349 g/mol. The minimum absolute atomic E-state index is 0.0769. The summed E-state index contributed by atoms with van der Waals surface area (Å²) < 4.78 is 50.3. The van der Waals surface area contributed by atoms with E-state index in [1.807, 2.05) is 0 Å². The van der Waals surface area contributed by atoms with Gasteiger partial charge >= 0.3 is 5.97 Å². The Labute approximate surface area is 146 Å². The molecule has 0 aliphatic carbocycles. The first-order valence-corrected chi connectivity index (χ1v) is 7.51. The Morgan fingerprint density at radius 3 is 2.35 bits per heavy atom. The first-order chi connectivity index (χ1) is 12.4. The number of methoxy groups -OCH3 is 1. The Bertz CT molecular complexity index is 978. The van der Waals surface area contributed by atoms with Crippen LogP contribution in [0.5, 0.6) is 11.5 Å². The summed E-state index contributed by atoms with van der Waals surface area (Å²) in [7, 11) is 1.22. The van der Waals surface area contributed by atoms with E-state index in [9.17, 15) is 23.1 Å². The van der Waals surface area contributed by atoms with Gasteiger partial charge < -0.3 is 14.6 Å². The molecule has 7 heteroatoms. The Morgan fingerprint density at radius 2 is 1.69 bits per heavy atom. The lowest BCUT2D eigenvalue weighted by Crippen LogP contribution is -2.12. The summed E-state index contributed by atoms with van der Waals surface area (Å²) in [4.78, 5) is 11.3. The van der Waals surface area contributed by atoms with E-state index in [1.54, 1.807) is 0 Å². The molecule has 0 spiro atoms. The number of esters is 1. The van der Waals surface area contributed by atoms with Crippen LogP contribution in [0.2, 0.25) is 0 Å². The zero-order valence-electron chi connectivity index (χ0n) is 13.6. The van der Waals surface area contributed by atoms with Gasteiger partial charge in [0.15, 0.2) is 24.1 Å². The summed E-state index contributed by atoms with van der Waals surface area (Å²) in [6.07, 6.45) is 0. The van der Waals surface area contributed by atoms with Crippen molar-refractivity contribution in [1.29, 1.82) is 0 Å². The van der Waals surface area contributed by atoms with Gasteiger partial charge in [0.05, 0.1) is 7.11 Å². The number of phenols is 1. The van der Waals surface area contributed by atoms with Crippen LogP contribution < -0.4 is 4.74 Å². The zero-order valence-corrected chi connectivity index (χ0v) is 13.6. The monoisotopic (exact) mass is 362 g/mol. The smallest absolute Gasteiger partial charge is 0.343 e. The van der Waals surface area contributed by atoms with E-state index in [-0.39, 0.29) is 17.9 Å². The lowest BCUT2D eigenvalue weighted by atomic mass is 9.97. The van der Waals surface area contributed by atoms with Crippen LogP contribution in [0.25, 0.3) is 21.9 Å². The summed E-state index contributed by atoms with van der Waals surface area (Å²) in [5, 5.41) is 10.7. The molecule has 0 atom stereocenters. The van der Waals surface area contributed by atoms with Gasteiger partial charge in [-0.25, -0.2) is 18.0 Å². The average Bonchev–Trinajstić information content (AvgIpc) is 2.63. The Balaban J connectivity index is 2.16. The molecule has 26 heavy (non-hydrogen) atoms. The van der Waals surface area contributed by atoms with Crippen molar-refractivity contribution in [3.05, 3.63) is 59.9 Å². The van der Waals surface area contributed by atoms with Crippen LogP contribution in [0.1, 0.15) is 0 Å². The normalized spacial score (nSPS) is 10.8. The number of rotatable bonds is 4. The molecule has 0 unspecified atom stereocenters. The van der Waals surface area contributed by atoms with Crippen molar-refractivity contribution < 1.29 is 32.5 Å². The predicted octanol–water partition coefficient (Wildman–Crippen LogP) is 4.18. The largest absolute Gasteiger partial charge is 0.508 e. The minimum Gasteiger partial charge on any atom is -0.508 e. The average molecular weight is 362 g/mol. The van der Waals surface area contributed by atoms with Gasteiger partial charge in [0.2, 0.25) is 0 Å². The topological polar surface area (TPSA) is 55.8 Å². The second-order valence-electron chi connectivity index (χ2n) is 5.46. The standard InChI is InChI=1S/C19H13F3O4/c1-25-18(24)9-26-17-5-4-12(14-8-11(23)2-3-13(14)17)10-6-15(20)19(22)16(21)7-10/h2-8,23H,9H2,1H3. The van der Waals surface area contributed by atoms with Gasteiger partial charge in [0, 0.05) is 5.39 Å². The predicted molar refractivity (Wildman–Crippen MR) is 88.4 cm³/mol. The third-order valence-electron chi connectivity index (χ3n) is 3.83. The van der Waals surface area contributed by atoms with E-state index in [1.165, 1.54) is 37.4 Å². The molecule has 0 aliphatic heterocycles. The fourth-order valence-electron chi connectivity index (χ4n) is 2.59. The van der Waals surface area contributed by atoms with Crippen LogP contribution >= 0.6 is 0 Å². The molecule has 0 amide bonds. The fourth-order valence-corrected chi connectivity index (χ4v) is 2.59. The van der Waals surface area contributed by atoms with E-state index in [4.69, 9.17) is 4.74 Å². The molecule has 0 radical (unpaired) electrons. The number of carbonyl (C=O) groups is 1. The van der Waals surface area contributed by atoms with Crippen molar-refractivity contribution in [2.45, 2.75) is 0 Å². The van der Waals surface area contributed by atoms with Gasteiger partial charge in [-0.2, -0.15) is 0 Å². The summed E-state index contributed by atoms with van der Waals surface area (Å²) in [5.74, 6) is -4.54. The van der Waals surface area contributed by atoms with Crippen LogP contribution in [0, 0.1) is 17.5 Å². The Morgan fingerprint density at radius 1 is 1.00 bits per heavy atom. The van der Waals surface area contributed by atoms with Crippen LogP contribution in [0.3, 0.4) is 0 Å². The maximum atomic E-state index is 13.6. The molecule has 3 rings (SSSR count). The van der Waals surface area contributed by atoms with Crippen LogP contribution in [0.15, 0.2) is 42.5 Å². The molecule has 3 aromatic carbocycles. The maximum Gasteiger partial charge on any atom is 0.343 e. The number of benzene rings is 3. The zero-order chi connectivity index (χ0) is 18.8. The van der Waals surface area contributed by atoms with E-state index in [0.717, 1.165) is 12.1 Å². The van der Waals surface area contributed by atoms with E-state index < -0.39 is 23.4 Å². The molecule has 1 N–H and O–H groups in total. The number of phenolic OH excluding ortho intramolecular Hbond substituents is 1. The van der Waals surface area contributed by atoms with Crippen molar-refractivity contribution in [3.8, 4) is 22.6 Å². The van der Waals surface area contributed by atoms with Gasteiger partial charge in [-0.05, 0) is 52.9 Å². The van der Waals surface area contributed by atoms with Gasteiger partial charge in [0.1, 0.15) is 11.5 Å². The van der Waals surface area contributed by atoms with Crippen molar-refractivity contribution in [2.75, 3.05) is 13.7 Å². The summed E-state index contributed by atoms with van der Waals surface area (Å²) in [6, 6.07) is 9.07. The number of ether oxygens (including phenoxy) is 2. The number of hydrogen-bond donors (Lipinski definition) is 1. The van der Waals surface area contributed by atoms with Gasteiger partial charge in [-0.1, -0.05) is 6.07 Å². The third kappa shape index (κ3) is 3.28. The van der Waals surface area contributed by atoms with Gasteiger partial charge in [-0.15, -0.1) is 0 Å². The number of fused-ring (bicyclic) bond motifs is 1. The van der Waals surface area contributed by atoms with E-state index in [2.05, 4.69) is 4.74 Å². The van der Waals surface area contributed by atoms with Gasteiger partial charge in [0.25, 0.3) is 0 Å². The molecule has 0 saturated heterocycles. The lowest BCUT2D eigenvalue weighted by Gasteiger charge is -2.13. The summed E-state index contributed by atoms with van der Waals surface area (Å²) in [6.45, 7) is -0.328. The minimum atomic E-state index is -1.56. The van der Waals surface area contributed by atoms with Crippen LogP contribution in [-0.2, 0) is 9.53 Å². The van der Waals surface area contributed by atoms with Crippen molar-refractivity contribution in [2.24, 2.45) is 0 Å². The van der Waals surface area contributed by atoms with Crippen LogP contribution in [-0.4, -0.2) is 24.8 Å². The number of carbonyl (C=O) groups excluding carboxylic acids is 1. The highest BCUT2D eigenvalue weighted by molar-refractivity contribution is 6.01. The molecule has 0 bridgehead atoms. The van der Waals surface area contributed by atoms with Crippen molar-refractivity contribution in [1.82, 2.24) is 0 Å². The highest BCUT2D eigenvalue weighted by atomic mass is 19.2. The summed E-state index contributed by atoms with van der Waals surface area (Å²) >= 11 is 0. The third-order valence-corrected chi connectivity index (χ3v) is 3.83. The van der Waals surface area contributed by atoms with Crippen LogP contribution in [0.4, 0.5) is 13.2 Å². The second kappa shape index (κ2) is 6.95. The fraction of sp³-hybridized carbons (Fsp3) is 0.105. The Kier molecular flexibility index (Phi) is 4.71. The SMILES string of the molecule is COC(=O)COc1ccc(-c2cc(F)c(F)c(F)c2)c2cc(O)ccc12. The maximum absolute atomic E-state index is 13.6. The number of aromatic hydroxyl groups is 1. The number of halogens is 3. The second-order valence-corrected chi connectivity index (χ2v) is 5.46. The molecule has 0 saturated carbocycles. The van der Waals surface area contributed by atoms with E-state index in [0.29, 0.717) is 22.1 Å². The van der Waals surface area contributed by atoms with Gasteiger partial charge in [-0.3, -0.25) is 0 Å². The van der Waals surface area contributed by atoms with E-state index >= 15 is 0 Å².